The van der Waals surface area contributed by atoms with Crippen molar-refractivity contribution in [3.63, 3.8) is 0 Å². The number of rotatable bonds is 6. The fourth-order valence-electron chi connectivity index (χ4n) is 2.42. The molecule has 0 fully saturated rings. The number of carbonyl (C=O) groups excluding carboxylic acids is 2. The first-order valence-corrected chi connectivity index (χ1v) is 8.12. The molecule has 0 radical (unpaired) electrons. The molecule has 1 unspecified atom stereocenters. The van der Waals surface area contributed by atoms with Gasteiger partial charge < -0.3 is 15.5 Å². The van der Waals surface area contributed by atoms with E-state index in [9.17, 15) is 9.59 Å². The van der Waals surface area contributed by atoms with Crippen LogP contribution < -0.4 is 15.5 Å². The maximum absolute atomic E-state index is 12.4. The summed E-state index contributed by atoms with van der Waals surface area (Å²) in [6.45, 7) is 3.44. The normalized spacial score (nSPS) is 11.5. The van der Waals surface area contributed by atoms with Crippen LogP contribution in [-0.4, -0.2) is 30.9 Å². The molecule has 1 atom stereocenters. The Morgan fingerprint density at radius 1 is 1.12 bits per heavy atom. The molecule has 0 aliphatic carbocycles. The van der Waals surface area contributed by atoms with Crippen LogP contribution in [0.15, 0.2) is 42.6 Å². The monoisotopic (exact) mass is 340 g/mol. The summed E-state index contributed by atoms with van der Waals surface area (Å²) in [6, 6.07) is 11.1. The molecule has 2 amide bonds. The quantitative estimate of drug-likeness (QED) is 0.848. The largest absolute Gasteiger partial charge is 0.363 e. The molecule has 0 saturated carbocycles. The predicted octanol–water partition coefficient (Wildman–Crippen LogP) is 2.66. The van der Waals surface area contributed by atoms with Crippen LogP contribution in [0.25, 0.3) is 0 Å². The lowest BCUT2D eigenvalue weighted by molar-refractivity contribution is -0.120. The number of benzene rings is 1. The van der Waals surface area contributed by atoms with Crippen LogP contribution in [0.3, 0.4) is 0 Å². The number of anilines is 2. The highest BCUT2D eigenvalue weighted by Crippen LogP contribution is 2.19. The molecule has 0 saturated heterocycles. The van der Waals surface area contributed by atoms with Crippen LogP contribution >= 0.6 is 0 Å². The topological polar surface area (TPSA) is 74.3 Å². The first-order chi connectivity index (χ1) is 11.8. The zero-order valence-corrected chi connectivity index (χ0v) is 15.0. The second-order valence-electron chi connectivity index (χ2n) is 6.22. The highest BCUT2D eigenvalue weighted by molar-refractivity contribution is 5.91. The molecule has 2 aromatic rings. The minimum Gasteiger partial charge on any atom is -0.363 e. The number of aryl methyl sites for hydroxylation is 1. The summed E-state index contributed by atoms with van der Waals surface area (Å²) >= 11 is 0. The van der Waals surface area contributed by atoms with Gasteiger partial charge in [-0.25, -0.2) is 4.98 Å². The second-order valence-corrected chi connectivity index (χ2v) is 6.22. The van der Waals surface area contributed by atoms with E-state index in [1.807, 2.05) is 56.3 Å². The molecule has 1 aromatic heterocycles. The van der Waals surface area contributed by atoms with Crippen molar-refractivity contribution in [2.75, 3.05) is 24.3 Å². The van der Waals surface area contributed by atoms with Gasteiger partial charge in [0.25, 0.3) is 0 Å². The minimum atomic E-state index is -0.368. The van der Waals surface area contributed by atoms with Gasteiger partial charge in [0.1, 0.15) is 5.82 Å². The summed E-state index contributed by atoms with van der Waals surface area (Å²) in [7, 11) is 3.81. The summed E-state index contributed by atoms with van der Waals surface area (Å²) in [6.07, 6.45) is 1.77. The van der Waals surface area contributed by atoms with Crippen molar-refractivity contribution in [2.45, 2.75) is 26.3 Å². The van der Waals surface area contributed by atoms with Gasteiger partial charge >= 0.3 is 0 Å². The number of pyridine rings is 1. The van der Waals surface area contributed by atoms with Crippen molar-refractivity contribution >= 4 is 23.3 Å². The fourth-order valence-corrected chi connectivity index (χ4v) is 2.42. The third-order valence-corrected chi connectivity index (χ3v) is 3.74. The molecule has 1 heterocycles. The lowest BCUT2D eigenvalue weighted by Crippen LogP contribution is -2.29. The highest BCUT2D eigenvalue weighted by Gasteiger charge is 2.17. The number of hydrogen-bond donors (Lipinski definition) is 2. The van der Waals surface area contributed by atoms with E-state index in [4.69, 9.17) is 0 Å². The molecule has 2 rings (SSSR count). The minimum absolute atomic E-state index is 0.151. The van der Waals surface area contributed by atoms with E-state index < -0.39 is 0 Å². The van der Waals surface area contributed by atoms with Gasteiger partial charge in [-0.05, 0) is 24.6 Å². The van der Waals surface area contributed by atoms with Crippen molar-refractivity contribution in [1.29, 1.82) is 0 Å². The van der Waals surface area contributed by atoms with E-state index in [1.165, 1.54) is 6.92 Å². The number of amides is 2. The third kappa shape index (κ3) is 5.60. The molecule has 132 valence electrons. The maximum atomic E-state index is 12.4. The van der Waals surface area contributed by atoms with Crippen molar-refractivity contribution in [1.82, 2.24) is 10.3 Å². The molecule has 6 nitrogen and oxygen atoms in total. The van der Waals surface area contributed by atoms with Gasteiger partial charge in [-0.2, -0.15) is 0 Å². The predicted molar refractivity (Wildman–Crippen MR) is 99.5 cm³/mol. The van der Waals surface area contributed by atoms with Gasteiger partial charge in [-0.15, -0.1) is 0 Å². The highest BCUT2D eigenvalue weighted by atomic mass is 16.2. The summed E-state index contributed by atoms with van der Waals surface area (Å²) in [5.41, 5.74) is 2.65. The summed E-state index contributed by atoms with van der Waals surface area (Å²) in [5, 5.41) is 5.66. The Bertz CT molecular complexity index is 724. The number of aromatic nitrogens is 1. The molecular formula is C19H24N4O2. The molecule has 0 spiro atoms. The Balaban J connectivity index is 2.05. The van der Waals surface area contributed by atoms with Gasteiger partial charge in [0.15, 0.2) is 0 Å². The Kier molecular flexibility index (Phi) is 6.11. The van der Waals surface area contributed by atoms with E-state index >= 15 is 0 Å². The van der Waals surface area contributed by atoms with Crippen molar-refractivity contribution < 1.29 is 9.59 Å². The van der Waals surface area contributed by atoms with Gasteiger partial charge in [-0.1, -0.05) is 29.8 Å². The molecule has 2 N–H and O–H groups in total. The molecule has 25 heavy (non-hydrogen) atoms. The van der Waals surface area contributed by atoms with Crippen molar-refractivity contribution in [3.8, 4) is 0 Å². The Morgan fingerprint density at radius 3 is 2.32 bits per heavy atom. The Hall–Kier alpha value is -2.89. The van der Waals surface area contributed by atoms with Crippen LogP contribution in [-0.2, 0) is 9.59 Å². The smallest absolute Gasteiger partial charge is 0.226 e. The van der Waals surface area contributed by atoms with E-state index in [-0.39, 0.29) is 24.3 Å². The Morgan fingerprint density at radius 2 is 1.80 bits per heavy atom. The van der Waals surface area contributed by atoms with E-state index in [1.54, 1.807) is 12.3 Å². The molecule has 0 bridgehead atoms. The lowest BCUT2D eigenvalue weighted by atomic mass is 10.0. The summed E-state index contributed by atoms with van der Waals surface area (Å²) in [4.78, 5) is 30.0. The van der Waals surface area contributed by atoms with Crippen LogP contribution in [0.1, 0.15) is 30.5 Å². The van der Waals surface area contributed by atoms with Crippen molar-refractivity contribution in [2.24, 2.45) is 0 Å². The number of hydrogen-bond acceptors (Lipinski definition) is 4. The van der Waals surface area contributed by atoms with Crippen LogP contribution in [0, 0.1) is 6.92 Å². The Labute approximate surface area is 148 Å². The number of nitrogens with zero attached hydrogens (tertiary/aromatic N) is 2. The molecule has 0 aliphatic heterocycles. The summed E-state index contributed by atoms with van der Waals surface area (Å²) in [5.74, 6) is 0.461. The number of nitrogens with one attached hydrogen (secondary N) is 2. The summed E-state index contributed by atoms with van der Waals surface area (Å²) < 4.78 is 0. The zero-order valence-electron chi connectivity index (χ0n) is 15.0. The van der Waals surface area contributed by atoms with Gasteiger partial charge in [-0.3, -0.25) is 9.59 Å². The van der Waals surface area contributed by atoms with Crippen LogP contribution in [0.2, 0.25) is 0 Å². The molecular weight excluding hydrogens is 316 g/mol. The number of carbonyl (C=O) groups is 2. The SMILES string of the molecule is CC(=O)NC(CC(=O)Nc1ccc(N(C)C)nc1)c1ccc(C)cc1. The third-order valence-electron chi connectivity index (χ3n) is 3.74. The fraction of sp³-hybridized carbons (Fsp3) is 0.316. The molecule has 0 aliphatic rings. The van der Waals surface area contributed by atoms with E-state index in [2.05, 4.69) is 15.6 Å². The van der Waals surface area contributed by atoms with Crippen LogP contribution in [0.5, 0.6) is 0 Å². The van der Waals surface area contributed by atoms with Gasteiger partial charge in [0, 0.05) is 21.0 Å². The zero-order chi connectivity index (χ0) is 18.4. The van der Waals surface area contributed by atoms with Crippen LogP contribution in [0.4, 0.5) is 11.5 Å². The van der Waals surface area contributed by atoms with E-state index in [0.717, 1.165) is 16.9 Å². The molecule has 1 aromatic carbocycles. The van der Waals surface area contributed by atoms with Crippen molar-refractivity contribution in [3.05, 3.63) is 53.7 Å². The first kappa shape index (κ1) is 18.4. The standard InChI is InChI=1S/C19H24N4O2/c1-13-5-7-15(8-6-13)17(21-14(2)24)11-19(25)22-16-9-10-18(20-12-16)23(3)4/h5-10,12,17H,11H2,1-4H3,(H,21,24)(H,22,25). The lowest BCUT2D eigenvalue weighted by Gasteiger charge is -2.18. The van der Waals surface area contributed by atoms with Gasteiger partial charge in [0.05, 0.1) is 24.3 Å². The van der Waals surface area contributed by atoms with Gasteiger partial charge in [0.2, 0.25) is 11.8 Å². The van der Waals surface area contributed by atoms with E-state index in [0.29, 0.717) is 5.69 Å². The first-order valence-electron chi connectivity index (χ1n) is 8.12. The maximum Gasteiger partial charge on any atom is 0.226 e. The molecule has 6 heteroatoms. The average molecular weight is 340 g/mol. The average Bonchev–Trinajstić information content (AvgIpc) is 2.55. The second kappa shape index (κ2) is 8.28.